The molecule has 0 fully saturated rings. The highest BCUT2D eigenvalue weighted by Gasteiger charge is 2.16. The molecule has 0 saturated carbocycles. The molecule has 4 aromatic rings. The van der Waals surface area contributed by atoms with E-state index in [1.54, 1.807) is 42.9 Å². The van der Waals surface area contributed by atoms with Crippen LogP contribution < -0.4 is 16.0 Å². The summed E-state index contributed by atoms with van der Waals surface area (Å²) in [4.78, 5) is 30.6. The van der Waals surface area contributed by atoms with Gasteiger partial charge in [0, 0.05) is 60.4 Å². The lowest BCUT2D eigenvalue weighted by Crippen LogP contribution is -2.26. The number of hydrogen-bond donors (Lipinski definition) is 3. The summed E-state index contributed by atoms with van der Waals surface area (Å²) in [6, 6.07) is 10.8. The summed E-state index contributed by atoms with van der Waals surface area (Å²) in [5.41, 5.74) is 10.00. The van der Waals surface area contributed by atoms with Crippen molar-refractivity contribution in [1.29, 1.82) is 0 Å². The van der Waals surface area contributed by atoms with Gasteiger partial charge >= 0.3 is 0 Å². The summed E-state index contributed by atoms with van der Waals surface area (Å²) in [5.74, 6) is 0.775. The maximum Gasteiger partial charge on any atom is 0.267 e. The second-order valence-electron chi connectivity index (χ2n) is 7.84. The van der Waals surface area contributed by atoms with Gasteiger partial charge in [0.25, 0.3) is 5.91 Å². The van der Waals surface area contributed by atoms with Crippen LogP contribution in [0.2, 0.25) is 10.0 Å². The highest BCUT2D eigenvalue weighted by molar-refractivity contribution is 6.35. The van der Waals surface area contributed by atoms with Gasteiger partial charge in [0.15, 0.2) is 0 Å². The Kier molecular flexibility index (Phi) is 7.00. The molecular weight excluding hydrogens is 473 g/mol. The number of H-pyrrole nitrogens is 1. The van der Waals surface area contributed by atoms with E-state index in [1.165, 1.54) is 0 Å². The molecular formula is C24H23Cl2N7O. The number of nitrogens with one attached hydrogen (secondary N) is 2. The van der Waals surface area contributed by atoms with Crippen molar-refractivity contribution in [3.05, 3.63) is 76.3 Å². The minimum atomic E-state index is -0.226. The molecule has 3 aromatic heterocycles. The third-order valence-electron chi connectivity index (χ3n) is 5.15. The number of nitrogen functional groups attached to an aromatic ring is 1. The van der Waals surface area contributed by atoms with Crippen LogP contribution in [0.5, 0.6) is 0 Å². The molecule has 0 bridgehead atoms. The Bertz CT molecular complexity index is 1320. The largest absolute Gasteiger partial charge is 0.368 e. The summed E-state index contributed by atoms with van der Waals surface area (Å²) >= 11 is 12.4. The van der Waals surface area contributed by atoms with Crippen molar-refractivity contribution in [3.63, 3.8) is 0 Å². The van der Waals surface area contributed by atoms with Gasteiger partial charge in [-0.2, -0.15) is 0 Å². The maximum atomic E-state index is 12.7. The number of nitrogens with two attached hydrogens (primary N) is 1. The molecule has 10 heteroatoms. The number of hydrogen-bond acceptors (Lipinski definition) is 6. The molecule has 0 spiro atoms. The first kappa shape index (κ1) is 23.5. The van der Waals surface area contributed by atoms with Crippen molar-refractivity contribution in [2.75, 3.05) is 31.3 Å². The van der Waals surface area contributed by atoms with Gasteiger partial charge in [-0.3, -0.25) is 4.79 Å². The molecule has 0 aliphatic rings. The molecule has 4 rings (SSSR count). The van der Waals surface area contributed by atoms with Gasteiger partial charge in [-0.15, -0.1) is 0 Å². The fourth-order valence-corrected chi connectivity index (χ4v) is 4.16. The molecule has 0 aliphatic carbocycles. The van der Waals surface area contributed by atoms with Crippen LogP contribution >= 0.6 is 23.2 Å². The molecule has 3 heterocycles. The first-order valence-electron chi connectivity index (χ1n) is 10.5. The number of aromatic nitrogens is 4. The zero-order valence-corrected chi connectivity index (χ0v) is 20.2. The standard InChI is InChI=1S/C24H23Cl2N7O/c1-33(2)22-14(4-3-6-28-22)5-7-29-23(34)20-10-16(12-30-20)21-19(13-31-24(27)32-21)15-8-17(25)11-18(26)9-15/h3-4,6,8-13,30H,5,7H2,1-2H3,(H,29,34)(H2,27,31,32). The molecule has 0 saturated heterocycles. The Morgan fingerprint density at radius 1 is 1.12 bits per heavy atom. The molecule has 0 atom stereocenters. The lowest BCUT2D eigenvalue weighted by Gasteiger charge is -2.15. The van der Waals surface area contributed by atoms with E-state index in [9.17, 15) is 4.79 Å². The topological polar surface area (TPSA) is 113 Å². The van der Waals surface area contributed by atoms with Crippen LogP contribution in [-0.4, -0.2) is 46.5 Å². The van der Waals surface area contributed by atoms with E-state index < -0.39 is 0 Å². The number of rotatable bonds is 7. The second-order valence-corrected chi connectivity index (χ2v) is 8.71. The third kappa shape index (κ3) is 5.30. The van der Waals surface area contributed by atoms with Gasteiger partial charge in [-0.25, -0.2) is 15.0 Å². The SMILES string of the molecule is CN(C)c1ncccc1CCNC(=O)c1cc(-c2nc(N)ncc2-c2cc(Cl)cc(Cl)c2)c[nH]1. The van der Waals surface area contributed by atoms with Gasteiger partial charge in [-0.05, 0) is 47.9 Å². The number of amides is 1. The van der Waals surface area contributed by atoms with Gasteiger partial charge in [0.2, 0.25) is 5.95 Å². The average Bonchev–Trinajstić information content (AvgIpc) is 3.29. The number of halogens is 2. The van der Waals surface area contributed by atoms with E-state index in [2.05, 4.69) is 25.3 Å². The zero-order valence-electron chi connectivity index (χ0n) is 18.6. The highest BCUT2D eigenvalue weighted by atomic mass is 35.5. The first-order valence-corrected chi connectivity index (χ1v) is 11.2. The Hall–Kier alpha value is -3.62. The predicted octanol–water partition coefficient (Wildman–Crippen LogP) is 4.46. The Labute approximate surface area is 207 Å². The molecule has 0 unspecified atom stereocenters. The van der Waals surface area contributed by atoms with Crippen molar-refractivity contribution in [2.45, 2.75) is 6.42 Å². The van der Waals surface area contributed by atoms with Crippen molar-refractivity contribution in [1.82, 2.24) is 25.3 Å². The number of pyridine rings is 1. The predicted molar refractivity (Wildman–Crippen MR) is 136 cm³/mol. The van der Waals surface area contributed by atoms with Crippen LogP contribution in [0.4, 0.5) is 11.8 Å². The van der Waals surface area contributed by atoms with Gasteiger partial charge in [0.1, 0.15) is 11.5 Å². The van der Waals surface area contributed by atoms with E-state index in [1.807, 2.05) is 31.1 Å². The van der Waals surface area contributed by atoms with Crippen LogP contribution in [0.15, 0.2) is 55.0 Å². The van der Waals surface area contributed by atoms with Crippen LogP contribution in [-0.2, 0) is 6.42 Å². The van der Waals surface area contributed by atoms with Crippen molar-refractivity contribution < 1.29 is 4.79 Å². The van der Waals surface area contributed by atoms with E-state index in [4.69, 9.17) is 28.9 Å². The fraction of sp³-hybridized carbons (Fsp3) is 0.167. The van der Waals surface area contributed by atoms with Crippen LogP contribution in [0.25, 0.3) is 22.4 Å². The van der Waals surface area contributed by atoms with Crippen LogP contribution in [0.1, 0.15) is 16.1 Å². The molecule has 0 radical (unpaired) electrons. The number of anilines is 2. The van der Waals surface area contributed by atoms with Gasteiger partial charge in [0.05, 0.1) is 5.69 Å². The summed E-state index contributed by atoms with van der Waals surface area (Å²) in [6.07, 6.45) is 5.73. The smallest absolute Gasteiger partial charge is 0.267 e. The number of carbonyl (C=O) groups excluding carboxylic acids is 1. The molecule has 8 nitrogen and oxygen atoms in total. The molecule has 34 heavy (non-hydrogen) atoms. The van der Waals surface area contributed by atoms with E-state index in [0.29, 0.717) is 45.5 Å². The summed E-state index contributed by atoms with van der Waals surface area (Å²) in [5, 5.41) is 3.92. The van der Waals surface area contributed by atoms with E-state index >= 15 is 0 Å². The number of benzene rings is 1. The van der Waals surface area contributed by atoms with Crippen LogP contribution in [0.3, 0.4) is 0 Å². The lowest BCUT2D eigenvalue weighted by atomic mass is 10.0. The molecule has 174 valence electrons. The molecule has 1 aromatic carbocycles. The van der Waals surface area contributed by atoms with Gasteiger partial charge in [-0.1, -0.05) is 29.3 Å². The lowest BCUT2D eigenvalue weighted by molar-refractivity contribution is 0.0950. The third-order valence-corrected chi connectivity index (χ3v) is 5.59. The maximum absolute atomic E-state index is 12.7. The second kappa shape index (κ2) is 10.1. The number of aromatic amines is 1. The Morgan fingerprint density at radius 3 is 2.62 bits per heavy atom. The Balaban J connectivity index is 1.53. The van der Waals surface area contributed by atoms with Crippen LogP contribution in [0, 0.1) is 0 Å². The summed E-state index contributed by atoms with van der Waals surface area (Å²) in [6.45, 7) is 0.465. The van der Waals surface area contributed by atoms with E-state index in [0.717, 1.165) is 16.9 Å². The minimum absolute atomic E-state index is 0.118. The average molecular weight is 496 g/mol. The molecule has 0 aliphatic heterocycles. The quantitative estimate of drug-likeness (QED) is 0.348. The number of nitrogens with zero attached hydrogens (tertiary/aromatic N) is 4. The van der Waals surface area contributed by atoms with Crippen molar-refractivity contribution >= 4 is 40.9 Å². The monoisotopic (exact) mass is 495 g/mol. The van der Waals surface area contributed by atoms with Crippen molar-refractivity contribution in [3.8, 4) is 22.4 Å². The summed E-state index contributed by atoms with van der Waals surface area (Å²) in [7, 11) is 3.88. The highest BCUT2D eigenvalue weighted by Crippen LogP contribution is 2.34. The summed E-state index contributed by atoms with van der Waals surface area (Å²) < 4.78 is 0. The molecule has 1 amide bonds. The van der Waals surface area contributed by atoms with E-state index in [-0.39, 0.29) is 11.9 Å². The Morgan fingerprint density at radius 2 is 1.88 bits per heavy atom. The molecule has 4 N–H and O–H groups in total. The van der Waals surface area contributed by atoms with Crippen molar-refractivity contribution in [2.24, 2.45) is 0 Å². The first-order chi connectivity index (χ1) is 16.3. The fourth-order valence-electron chi connectivity index (χ4n) is 3.63. The van der Waals surface area contributed by atoms with Gasteiger partial charge < -0.3 is 20.9 Å². The zero-order chi connectivity index (χ0) is 24.2. The minimum Gasteiger partial charge on any atom is -0.368 e. The normalized spacial score (nSPS) is 10.8. The number of carbonyl (C=O) groups is 1.